The zero-order chi connectivity index (χ0) is 21.8. The van der Waals surface area contributed by atoms with Crippen molar-refractivity contribution in [2.45, 2.75) is 5.92 Å². The molecule has 1 N–H and O–H groups in total. The van der Waals surface area contributed by atoms with Crippen molar-refractivity contribution in [2.24, 2.45) is 0 Å². The Hall–Kier alpha value is -4.30. The molecule has 1 aliphatic rings. The first-order chi connectivity index (χ1) is 16.3. The molecule has 0 spiro atoms. The van der Waals surface area contributed by atoms with E-state index in [1.54, 1.807) is 0 Å². The minimum absolute atomic E-state index is 0.278. The van der Waals surface area contributed by atoms with E-state index in [4.69, 9.17) is 4.42 Å². The smallest absolute Gasteiger partial charge is 0.135 e. The number of fused-ring (bicyclic) bond motifs is 6. The summed E-state index contributed by atoms with van der Waals surface area (Å²) in [6, 6.07) is 40.8. The fraction of sp³-hybridized carbons (Fsp3) is 0.0323. The minimum Gasteiger partial charge on any atom is -0.456 e. The molecule has 0 saturated carbocycles. The highest BCUT2D eigenvalue weighted by atomic mass is 16.3. The minimum atomic E-state index is 0.278. The fourth-order valence-corrected chi connectivity index (χ4v) is 5.26. The zero-order valence-corrected chi connectivity index (χ0v) is 18.0. The van der Waals surface area contributed by atoms with E-state index in [0.29, 0.717) is 0 Å². The molecule has 1 aliphatic carbocycles. The van der Waals surface area contributed by atoms with E-state index in [0.717, 1.165) is 33.3 Å². The average Bonchev–Trinajstić information content (AvgIpc) is 3.40. The van der Waals surface area contributed by atoms with E-state index in [-0.39, 0.29) is 5.92 Å². The van der Waals surface area contributed by atoms with Crippen molar-refractivity contribution in [1.29, 1.82) is 0 Å². The third kappa shape index (κ3) is 2.88. The topological polar surface area (TPSA) is 25.2 Å². The molecule has 5 aromatic carbocycles. The molecule has 1 aromatic heterocycles. The van der Waals surface area contributed by atoms with E-state index in [1.165, 1.54) is 27.8 Å². The molecule has 7 rings (SSSR count). The number of hydrogen-bond acceptors (Lipinski definition) is 2. The van der Waals surface area contributed by atoms with Crippen molar-refractivity contribution in [3.05, 3.63) is 132 Å². The van der Waals surface area contributed by atoms with Gasteiger partial charge in [-0.25, -0.2) is 0 Å². The summed E-state index contributed by atoms with van der Waals surface area (Å²) in [5.74, 6) is 0.278. The van der Waals surface area contributed by atoms with E-state index in [2.05, 4.69) is 102 Å². The van der Waals surface area contributed by atoms with Crippen LogP contribution in [0.3, 0.4) is 0 Å². The van der Waals surface area contributed by atoms with Crippen molar-refractivity contribution >= 4 is 33.3 Å². The first-order valence-electron chi connectivity index (χ1n) is 11.3. The second-order valence-electron chi connectivity index (χ2n) is 8.67. The highest BCUT2D eigenvalue weighted by Gasteiger charge is 2.29. The largest absolute Gasteiger partial charge is 0.456 e. The van der Waals surface area contributed by atoms with Crippen molar-refractivity contribution in [2.75, 3.05) is 5.32 Å². The van der Waals surface area contributed by atoms with Gasteiger partial charge in [0.1, 0.15) is 11.2 Å². The van der Waals surface area contributed by atoms with E-state index < -0.39 is 0 Å². The summed E-state index contributed by atoms with van der Waals surface area (Å²) in [5.41, 5.74) is 10.7. The first-order valence-corrected chi connectivity index (χ1v) is 11.3. The number of anilines is 2. The van der Waals surface area contributed by atoms with Crippen molar-refractivity contribution < 1.29 is 4.42 Å². The highest BCUT2D eigenvalue weighted by molar-refractivity contribution is 6.06. The van der Waals surface area contributed by atoms with Crippen LogP contribution < -0.4 is 5.32 Å². The van der Waals surface area contributed by atoms with Gasteiger partial charge in [0.05, 0.1) is 0 Å². The Kier molecular flexibility index (Phi) is 3.94. The Morgan fingerprint density at radius 2 is 1.21 bits per heavy atom. The summed E-state index contributed by atoms with van der Waals surface area (Å²) in [6.45, 7) is 0. The number of hydrogen-bond donors (Lipinski definition) is 1. The van der Waals surface area contributed by atoms with Crippen molar-refractivity contribution in [1.82, 2.24) is 0 Å². The normalized spacial score (nSPS) is 14.4. The SMILES string of the molecule is c1ccc(C2c3ccccc3-c3cc(Nc4ccc5oc6ccccc6c5c4)ccc32)cc1. The number of benzene rings is 5. The van der Waals surface area contributed by atoms with Crippen LogP contribution in [0.4, 0.5) is 11.4 Å². The summed E-state index contributed by atoms with van der Waals surface area (Å²) in [7, 11) is 0. The summed E-state index contributed by atoms with van der Waals surface area (Å²) >= 11 is 0. The van der Waals surface area contributed by atoms with E-state index in [1.807, 2.05) is 18.2 Å². The van der Waals surface area contributed by atoms with Crippen LogP contribution in [0, 0.1) is 0 Å². The van der Waals surface area contributed by atoms with Crippen LogP contribution in [-0.4, -0.2) is 0 Å². The molecule has 6 aromatic rings. The van der Waals surface area contributed by atoms with Crippen LogP contribution in [0.5, 0.6) is 0 Å². The lowest BCUT2D eigenvalue weighted by molar-refractivity contribution is 0.669. The Balaban J connectivity index is 1.31. The summed E-state index contributed by atoms with van der Waals surface area (Å²) in [4.78, 5) is 0. The van der Waals surface area contributed by atoms with E-state index >= 15 is 0 Å². The third-order valence-corrected chi connectivity index (χ3v) is 6.72. The van der Waals surface area contributed by atoms with Crippen LogP contribution in [0.1, 0.15) is 22.6 Å². The summed E-state index contributed by atoms with van der Waals surface area (Å²) in [5, 5.41) is 5.90. The van der Waals surface area contributed by atoms with Crippen LogP contribution >= 0.6 is 0 Å². The first kappa shape index (κ1) is 18.3. The quantitative estimate of drug-likeness (QED) is 0.308. The standard InChI is InChI=1S/C31H21NO/c1-2-8-20(9-3-1)31-25-12-5-4-10-23(25)27-18-21(14-16-26(27)31)32-22-15-17-30-28(19-22)24-11-6-7-13-29(24)33-30/h1-19,31-32H. The highest BCUT2D eigenvalue weighted by Crippen LogP contribution is 2.48. The van der Waals surface area contributed by atoms with Gasteiger partial charge in [-0.15, -0.1) is 0 Å². The van der Waals surface area contributed by atoms with Crippen molar-refractivity contribution in [3.8, 4) is 11.1 Å². The predicted octanol–water partition coefficient (Wildman–Crippen LogP) is 8.49. The lowest BCUT2D eigenvalue weighted by atomic mass is 9.89. The molecule has 0 aliphatic heterocycles. The molecule has 156 valence electrons. The number of furan rings is 1. The van der Waals surface area contributed by atoms with Crippen LogP contribution in [0.15, 0.2) is 120 Å². The molecule has 0 saturated heterocycles. The molecule has 0 amide bonds. The molecule has 1 heterocycles. The second kappa shape index (κ2) is 7.11. The van der Waals surface area contributed by atoms with Crippen molar-refractivity contribution in [3.63, 3.8) is 0 Å². The summed E-state index contributed by atoms with van der Waals surface area (Å²) < 4.78 is 5.98. The Morgan fingerprint density at radius 3 is 2.15 bits per heavy atom. The monoisotopic (exact) mass is 423 g/mol. The number of para-hydroxylation sites is 1. The molecule has 1 unspecified atom stereocenters. The molecule has 0 radical (unpaired) electrons. The van der Waals surface area contributed by atoms with Gasteiger partial charge >= 0.3 is 0 Å². The van der Waals surface area contributed by atoms with Gasteiger partial charge in [-0.2, -0.15) is 0 Å². The van der Waals surface area contributed by atoms with Gasteiger partial charge < -0.3 is 9.73 Å². The maximum absolute atomic E-state index is 5.98. The molecule has 1 atom stereocenters. The lowest BCUT2D eigenvalue weighted by Gasteiger charge is -2.15. The molecule has 0 bridgehead atoms. The lowest BCUT2D eigenvalue weighted by Crippen LogP contribution is -1.99. The van der Waals surface area contributed by atoms with E-state index in [9.17, 15) is 0 Å². The van der Waals surface area contributed by atoms with Gasteiger partial charge in [0.2, 0.25) is 0 Å². The second-order valence-corrected chi connectivity index (χ2v) is 8.67. The van der Waals surface area contributed by atoms with Gasteiger partial charge in [-0.3, -0.25) is 0 Å². The van der Waals surface area contributed by atoms with Crippen LogP contribution in [0.25, 0.3) is 33.1 Å². The average molecular weight is 424 g/mol. The Morgan fingerprint density at radius 1 is 0.515 bits per heavy atom. The molecule has 33 heavy (non-hydrogen) atoms. The Bertz CT molecular complexity index is 1640. The third-order valence-electron chi connectivity index (χ3n) is 6.72. The number of nitrogens with one attached hydrogen (secondary N) is 1. The predicted molar refractivity (Wildman–Crippen MR) is 136 cm³/mol. The Labute approximate surface area is 192 Å². The fourth-order valence-electron chi connectivity index (χ4n) is 5.26. The molecular weight excluding hydrogens is 402 g/mol. The van der Waals surface area contributed by atoms with Gasteiger partial charge in [0.15, 0.2) is 0 Å². The van der Waals surface area contributed by atoms with Crippen LogP contribution in [0.2, 0.25) is 0 Å². The summed E-state index contributed by atoms with van der Waals surface area (Å²) in [6.07, 6.45) is 0. The molecule has 0 fully saturated rings. The van der Waals surface area contributed by atoms with Gasteiger partial charge in [-0.05, 0) is 64.2 Å². The number of rotatable bonds is 3. The molecule has 2 nitrogen and oxygen atoms in total. The zero-order valence-electron chi connectivity index (χ0n) is 18.0. The van der Waals surface area contributed by atoms with Gasteiger partial charge in [0, 0.05) is 28.1 Å². The molecule has 2 heteroatoms. The van der Waals surface area contributed by atoms with Crippen LogP contribution in [-0.2, 0) is 0 Å². The maximum Gasteiger partial charge on any atom is 0.135 e. The van der Waals surface area contributed by atoms with Gasteiger partial charge in [-0.1, -0.05) is 78.9 Å². The van der Waals surface area contributed by atoms with Gasteiger partial charge in [0.25, 0.3) is 0 Å². The molecular formula is C31H21NO. The maximum atomic E-state index is 5.98.